The van der Waals surface area contributed by atoms with Crippen molar-refractivity contribution in [2.45, 2.75) is 0 Å². The maximum Gasteiger partial charge on any atom is 0.328 e. The Bertz CT molecular complexity index is 545. The number of nitrogens with one attached hydrogen (secondary N) is 1. The van der Waals surface area contributed by atoms with Gasteiger partial charge in [0, 0.05) is 6.08 Å². The van der Waals surface area contributed by atoms with Crippen LogP contribution in [0.5, 0.6) is 0 Å². The lowest BCUT2D eigenvalue weighted by atomic mass is 10.2. The normalized spacial score (nSPS) is 11.3. The summed E-state index contributed by atoms with van der Waals surface area (Å²) in [5.74, 6) is -0.958. The second-order valence-electron chi connectivity index (χ2n) is 2.98. The summed E-state index contributed by atoms with van der Waals surface area (Å²) in [5.41, 5.74) is 2.53. The molecule has 0 spiro atoms. The number of fused-ring (bicyclic) bond motifs is 1. The second kappa shape index (κ2) is 3.86. The third-order valence-corrected chi connectivity index (χ3v) is 2.27. The summed E-state index contributed by atoms with van der Waals surface area (Å²) in [5, 5.41) is 8.48. The first-order valence-electron chi connectivity index (χ1n) is 4.21. The Balaban J connectivity index is 2.42. The van der Waals surface area contributed by atoms with Gasteiger partial charge in [-0.1, -0.05) is 6.07 Å². The highest BCUT2D eigenvalue weighted by atomic mass is 79.9. The van der Waals surface area contributed by atoms with Gasteiger partial charge in [-0.25, -0.2) is 9.78 Å². The first-order valence-corrected chi connectivity index (χ1v) is 5.01. The molecule has 0 saturated carbocycles. The highest BCUT2D eigenvalue weighted by molar-refractivity contribution is 9.10. The standard InChI is InChI=1S/C10H7BrN2O2/c11-10-12-7-3-1-6(2-4-9(14)15)5-8(7)13-10/h1-5H,(H,12,13)(H,14,15). The van der Waals surface area contributed by atoms with Crippen molar-refractivity contribution in [2.75, 3.05) is 0 Å². The summed E-state index contributed by atoms with van der Waals surface area (Å²) in [6.07, 6.45) is 2.64. The van der Waals surface area contributed by atoms with E-state index in [4.69, 9.17) is 5.11 Å². The topological polar surface area (TPSA) is 66.0 Å². The lowest BCUT2D eigenvalue weighted by molar-refractivity contribution is -0.131. The zero-order valence-electron chi connectivity index (χ0n) is 7.57. The van der Waals surface area contributed by atoms with E-state index in [0.717, 1.165) is 22.7 Å². The number of rotatable bonds is 2. The van der Waals surface area contributed by atoms with E-state index in [1.54, 1.807) is 0 Å². The minimum atomic E-state index is -0.958. The molecule has 0 atom stereocenters. The number of aliphatic carboxylic acids is 1. The van der Waals surface area contributed by atoms with Crippen LogP contribution >= 0.6 is 15.9 Å². The number of aromatic amines is 1. The molecule has 0 unspecified atom stereocenters. The van der Waals surface area contributed by atoms with E-state index in [0.29, 0.717) is 4.73 Å². The van der Waals surface area contributed by atoms with Gasteiger partial charge in [-0.05, 0) is 39.7 Å². The van der Waals surface area contributed by atoms with Crippen LogP contribution in [0.1, 0.15) is 5.56 Å². The van der Waals surface area contributed by atoms with Gasteiger partial charge in [-0.3, -0.25) is 0 Å². The molecular formula is C10H7BrN2O2. The van der Waals surface area contributed by atoms with Gasteiger partial charge >= 0.3 is 5.97 Å². The lowest BCUT2D eigenvalue weighted by Gasteiger charge is -1.92. The first kappa shape index (κ1) is 9.92. The summed E-state index contributed by atoms with van der Waals surface area (Å²) in [4.78, 5) is 17.5. The molecule has 4 nitrogen and oxygen atoms in total. The van der Waals surface area contributed by atoms with Gasteiger partial charge in [0.1, 0.15) is 0 Å². The number of nitrogens with zero attached hydrogens (tertiary/aromatic N) is 1. The van der Waals surface area contributed by atoms with Gasteiger partial charge in [0.2, 0.25) is 0 Å². The van der Waals surface area contributed by atoms with Crippen molar-refractivity contribution in [1.82, 2.24) is 9.97 Å². The van der Waals surface area contributed by atoms with Crippen molar-refractivity contribution in [2.24, 2.45) is 0 Å². The molecule has 0 saturated heterocycles. The van der Waals surface area contributed by atoms with E-state index in [1.807, 2.05) is 18.2 Å². The molecule has 0 amide bonds. The largest absolute Gasteiger partial charge is 0.478 e. The Morgan fingerprint density at radius 2 is 2.33 bits per heavy atom. The quantitative estimate of drug-likeness (QED) is 0.821. The number of imidazole rings is 1. The molecule has 1 aromatic heterocycles. The van der Waals surface area contributed by atoms with Crippen LogP contribution in [0.3, 0.4) is 0 Å². The number of halogens is 1. The summed E-state index contributed by atoms with van der Waals surface area (Å²) < 4.78 is 0.664. The predicted molar refractivity (Wildman–Crippen MR) is 60.5 cm³/mol. The molecule has 0 aliphatic heterocycles. The minimum absolute atomic E-state index is 0.664. The molecule has 1 aromatic carbocycles. The average molecular weight is 267 g/mol. The van der Waals surface area contributed by atoms with Crippen molar-refractivity contribution < 1.29 is 9.90 Å². The van der Waals surface area contributed by atoms with Crippen molar-refractivity contribution in [3.05, 3.63) is 34.6 Å². The lowest BCUT2D eigenvalue weighted by Crippen LogP contribution is -1.85. The predicted octanol–water partition coefficient (Wildman–Crippen LogP) is 2.42. The maximum atomic E-state index is 10.3. The van der Waals surface area contributed by atoms with Gasteiger partial charge in [-0.2, -0.15) is 0 Å². The maximum absolute atomic E-state index is 10.3. The molecule has 0 aliphatic rings. The molecule has 0 fully saturated rings. The molecule has 0 aliphatic carbocycles. The monoisotopic (exact) mass is 266 g/mol. The molecule has 76 valence electrons. The molecule has 2 aromatic rings. The fraction of sp³-hybridized carbons (Fsp3) is 0. The summed E-state index contributed by atoms with van der Waals surface area (Å²) >= 11 is 3.23. The summed E-state index contributed by atoms with van der Waals surface area (Å²) in [6.45, 7) is 0. The van der Waals surface area contributed by atoms with Crippen LogP contribution in [0.2, 0.25) is 0 Å². The van der Waals surface area contributed by atoms with Crippen LogP contribution < -0.4 is 0 Å². The number of hydrogen-bond acceptors (Lipinski definition) is 2. The molecule has 0 bridgehead atoms. The second-order valence-corrected chi connectivity index (χ2v) is 3.73. The van der Waals surface area contributed by atoms with Crippen LogP contribution in [0.25, 0.3) is 17.1 Å². The van der Waals surface area contributed by atoms with E-state index >= 15 is 0 Å². The Kier molecular flexibility index (Phi) is 2.55. The van der Waals surface area contributed by atoms with E-state index in [1.165, 1.54) is 6.08 Å². The average Bonchev–Trinajstić information content (AvgIpc) is 2.53. The molecule has 1 heterocycles. The van der Waals surface area contributed by atoms with Gasteiger partial charge < -0.3 is 10.1 Å². The van der Waals surface area contributed by atoms with E-state index in [2.05, 4.69) is 25.9 Å². The molecular weight excluding hydrogens is 260 g/mol. The number of carboxylic acid groups (broad SMARTS) is 1. The van der Waals surface area contributed by atoms with Crippen LogP contribution in [-0.4, -0.2) is 21.0 Å². The Morgan fingerprint density at radius 3 is 3.07 bits per heavy atom. The number of benzene rings is 1. The number of H-pyrrole nitrogens is 1. The highest BCUT2D eigenvalue weighted by Crippen LogP contribution is 2.17. The summed E-state index contributed by atoms with van der Waals surface area (Å²) in [6, 6.07) is 5.49. The Morgan fingerprint density at radius 1 is 1.53 bits per heavy atom. The number of carbonyl (C=O) groups is 1. The fourth-order valence-electron chi connectivity index (χ4n) is 1.27. The highest BCUT2D eigenvalue weighted by Gasteiger charge is 1.99. The molecule has 0 radical (unpaired) electrons. The summed E-state index contributed by atoms with van der Waals surface area (Å²) in [7, 11) is 0. The Hall–Kier alpha value is -1.62. The third-order valence-electron chi connectivity index (χ3n) is 1.90. The number of hydrogen-bond donors (Lipinski definition) is 2. The third kappa shape index (κ3) is 2.24. The first-order chi connectivity index (χ1) is 7.15. The van der Waals surface area contributed by atoms with E-state index in [9.17, 15) is 4.79 Å². The van der Waals surface area contributed by atoms with Crippen LogP contribution in [0.4, 0.5) is 0 Å². The molecule has 15 heavy (non-hydrogen) atoms. The van der Waals surface area contributed by atoms with Crippen molar-refractivity contribution >= 4 is 39.0 Å². The molecule has 2 N–H and O–H groups in total. The van der Waals surface area contributed by atoms with Crippen molar-refractivity contribution in [1.29, 1.82) is 0 Å². The van der Waals surface area contributed by atoms with E-state index < -0.39 is 5.97 Å². The van der Waals surface area contributed by atoms with Gasteiger partial charge in [-0.15, -0.1) is 0 Å². The zero-order valence-corrected chi connectivity index (χ0v) is 9.15. The van der Waals surface area contributed by atoms with Gasteiger partial charge in [0.25, 0.3) is 0 Å². The van der Waals surface area contributed by atoms with E-state index in [-0.39, 0.29) is 0 Å². The number of aromatic nitrogens is 2. The number of carboxylic acids is 1. The van der Waals surface area contributed by atoms with Crippen LogP contribution in [-0.2, 0) is 4.79 Å². The SMILES string of the molecule is O=C(O)C=Cc1ccc2nc(Br)[nH]c2c1. The minimum Gasteiger partial charge on any atom is -0.478 e. The van der Waals surface area contributed by atoms with Crippen molar-refractivity contribution in [3.8, 4) is 0 Å². The molecule has 2 rings (SSSR count). The smallest absolute Gasteiger partial charge is 0.328 e. The Labute approximate surface area is 93.8 Å². The van der Waals surface area contributed by atoms with Crippen LogP contribution in [0, 0.1) is 0 Å². The van der Waals surface area contributed by atoms with Crippen LogP contribution in [0.15, 0.2) is 29.0 Å². The zero-order chi connectivity index (χ0) is 10.8. The van der Waals surface area contributed by atoms with Gasteiger partial charge in [0.15, 0.2) is 4.73 Å². The van der Waals surface area contributed by atoms with Crippen molar-refractivity contribution in [3.63, 3.8) is 0 Å². The molecule has 5 heteroatoms. The van der Waals surface area contributed by atoms with Gasteiger partial charge in [0.05, 0.1) is 11.0 Å². The fourth-order valence-corrected chi connectivity index (χ4v) is 1.67.